The topological polar surface area (TPSA) is 70.6 Å². The Morgan fingerprint density at radius 3 is 2.27 bits per heavy atom. The maximum Gasteiger partial charge on any atom is 0.422 e. The molecule has 0 aromatic heterocycles. The van der Waals surface area contributed by atoms with Crippen LogP contribution in [0.15, 0.2) is 12.1 Å². The normalized spacial score (nSPS) is 11.4. The van der Waals surface area contributed by atoms with Gasteiger partial charge in [0.05, 0.1) is 19.8 Å². The summed E-state index contributed by atoms with van der Waals surface area (Å²) >= 11 is 0. The van der Waals surface area contributed by atoms with Crippen molar-refractivity contribution in [3.8, 4) is 0 Å². The lowest BCUT2D eigenvalue weighted by Crippen LogP contribution is -2.32. The molecule has 0 bridgehead atoms. The van der Waals surface area contributed by atoms with Crippen LogP contribution >= 0.6 is 0 Å². The molecule has 0 radical (unpaired) electrons. The lowest BCUT2D eigenvalue weighted by Gasteiger charge is -2.12. The second-order valence-corrected chi connectivity index (χ2v) is 4.03. The van der Waals surface area contributed by atoms with E-state index in [4.69, 9.17) is 9.84 Å². The lowest BCUT2D eigenvalue weighted by atomic mass is 10.1. The summed E-state index contributed by atoms with van der Waals surface area (Å²) in [5.74, 6) is -3.65. The molecule has 0 aliphatic heterocycles. The molecule has 124 valence electrons. The highest BCUT2D eigenvalue weighted by atomic mass is 19.4. The average Bonchev–Trinajstić information content (AvgIpc) is 2.35. The van der Waals surface area contributed by atoms with Crippen LogP contribution in [-0.4, -0.2) is 37.5 Å². The van der Waals surface area contributed by atoms with Crippen molar-refractivity contribution in [1.82, 2.24) is 5.32 Å². The van der Waals surface area contributed by atoms with Crippen molar-refractivity contribution >= 4 is 11.7 Å². The summed E-state index contributed by atoms with van der Waals surface area (Å²) in [4.78, 5) is 11.4. The van der Waals surface area contributed by atoms with E-state index in [0.717, 1.165) is 0 Å². The Bertz CT molecular complexity index is 499. The molecule has 0 unspecified atom stereocenters. The highest BCUT2D eigenvalue weighted by molar-refractivity contribution is 5.89. The van der Waals surface area contributed by atoms with E-state index in [1.807, 2.05) is 5.32 Å². The van der Waals surface area contributed by atoms with Gasteiger partial charge in [0, 0.05) is 12.2 Å². The minimum Gasteiger partial charge on any atom is -0.394 e. The van der Waals surface area contributed by atoms with E-state index in [1.54, 1.807) is 0 Å². The summed E-state index contributed by atoms with van der Waals surface area (Å²) in [6.45, 7) is 0.0239. The molecule has 0 saturated carbocycles. The van der Waals surface area contributed by atoms with Gasteiger partial charge in [-0.05, 0) is 12.1 Å². The largest absolute Gasteiger partial charge is 0.422 e. The van der Waals surface area contributed by atoms with Crippen LogP contribution in [0.4, 0.5) is 32.4 Å². The van der Waals surface area contributed by atoms with Crippen LogP contribution in [-0.2, 0) is 10.9 Å². The molecule has 5 nitrogen and oxygen atoms in total. The van der Waals surface area contributed by atoms with E-state index in [0.29, 0.717) is 12.1 Å². The first-order valence-corrected chi connectivity index (χ1v) is 6.05. The van der Waals surface area contributed by atoms with Gasteiger partial charge in [-0.2, -0.15) is 13.2 Å². The Morgan fingerprint density at radius 2 is 1.77 bits per heavy atom. The number of hydrogen-bond acceptors (Lipinski definition) is 3. The van der Waals surface area contributed by atoms with Crippen LogP contribution < -0.4 is 10.6 Å². The Labute approximate surface area is 122 Å². The van der Waals surface area contributed by atoms with E-state index in [9.17, 15) is 26.7 Å². The highest BCUT2D eigenvalue weighted by Crippen LogP contribution is 2.34. The summed E-state index contributed by atoms with van der Waals surface area (Å²) in [5.41, 5.74) is -2.48. The maximum atomic E-state index is 13.3. The van der Waals surface area contributed by atoms with Gasteiger partial charge in [-0.1, -0.05) is 0 Å². The number of benzene rings is 1. The third kappa shape index (κ3) is 5.45. The zero-order valence-corrected chi connectivity index (χ0v) is 11.1. The molecular formula is C12H13F5N2O3. The van der Waals surface area contributed by atoms with Gasteiger partial charge in [-0.15, -0.1) is 0 Å². The summed E-state index contributed by atoms with van der Waals surface area (Å²) in [6.07, 6.45) is -5.17. The zero-order valence-electron chi connectivity index (χ0n) is 11.1. The molecule has 22 heavy (non-hydrogen) atoms. The third-order valence-electron chi connectivity index (χ3n) is 2.35. The van der Waals surface area contributed by atoms with Gasteiger partial charge in [-0.25, -0.2) is 13.6 Å². The average molecular weight is 328 g/mol. The number of carbonyl (C=O) groups is 1. The number of ether oxygens (including phenoxy) is 1. The van der Waals surface area contributed by atoms with Crippen molar-refractivity contribution in [2.45, 2.75) is 6.18 Å². The second-order valence-electron chi connectivity index (χ2n) is 4.03. The van der Waals surface area contributed by atoms with Crippen LogP contribution in [0.5, 0.6) is 0 Å². The number of hydrogen-bond donors (Lipinski definition) is 3. The molecule has 1 aromatic carbocycles. The van der Waals surface area contributed by atoms with E-state index in [-0.39, 0.29) is 26.4 Å². The Morgan fingerprint density at radius 1 is 1.18 bits per heavy atom. The molecule has 1 rings (SSSR count). The number of rotatable bonds is 6. The standard InChI is InChI=1S/C12H13F5N2O3/c13-8-5-7(6-9(14)10(8)12(15,16)17)19-11(21)18-1-3-22-4-2-20/h5-6,20H,1-4H2,(H2,18,19,21). The molecule has 0 heterocycles. The molecule has 10 heteroatoms. The second kappa shape index (κ2) is 7.90. The SMILES string of the molecule is O=C(NCCOCCO)Nc1cc(F)c(C(F)(F)F)c(F)c1. The number of urea groups is 1. The van der Waals surface area contributed by atoms with Crippen molar-refractivity contribution in [2.24, 2.45) is 0 Å². The fourth-order valence-electron chi connectivity index (χ4n) is 1.49. The van der Waals surface area contributed by atoms with Gasteiger partial charge in [0.1, 0.15) is 17.2 Å². The van der Waals surface area contributed by atoms with Crippen molar-refractivity contribution in [3.05, 3.63) is 29.3 Å². The fraction of sp³-hybridized carbons (Fsp3) is 0.417. The third-order valence-corrected chi connectivity index (χ3v) is 2.35. The molecule has 0 spiro atoms. The van der Waals surface area contributed by atoms with Gasteiger partial charge in [-0.3, -0.25) is 0 Å². The first kappa shape index (κ1) is 18.1. The molecule has 0 aliphatic rings. The van der Waals surface area contributed by atoms with Crippen LogP contribution in [0.25, 0.3) is 0 Å². The van der Waals surface area contributed by atoms with Gasteiger partial charge in [0.2, 0.25) is 0 Å². The number of anilines is 1. The Kier molecular flexibility index (Phi) is 6.50. The van der Waals surface area contributed by atoms with E-state index in [1.165, 1.54) is 0 Å². The quantitative estimate of drug-likeness (QED) is 0.553. The summed E-state index contributed by atoms with van der Waals surface area (Å²) in [7, 11) is 0. The summed E-state index contributed by atoms with van der Waals surface area (Å²) in [5, 5.41) is 12.7. The van der Waals surface area contributed by atoms with Gasteiger partial charge < -0.3 is 20.5 Å². The maximum absolute atomic E-state index is 13.3. The van der Waals surface area contributed by atoms with Crippen LogP contribution in [0.1, 0.15) is 5.56 Å². The van der Waals surface area contributed by atoms with Crippen molar-refractivity contribution in [1.29, 1.82) is 0 Å². The molecule has 3 N–H and O–H groups in total. The van der Waals surface area contributed by atoms with Gasteiger partial charge in [0.15, 0.2) is 0 Å². The smallest absolute Gasteiger partial charge is 0.394 e. The molecular weight excluding hydrogens is 315 g/mol. The first-order chi connectivity index (χ1) is 10.3. The van der Waals surface area contributed by atoms with E-state index in [2.05, 4.69) is 5.32 Å². The number of amides is 2. The predicted octanol–water partition coefficient (Wildman–Crippen LogP) is 2.11. The number of aliphatic hydroxyl groups is 1. The number of aliphatic hydroxyl groups excluding tert-OH is 1. The first-order valence-electron chi connectivity index (χ1n) is 6.05. The number of alkyl halides is 3. The van der Waals surface area contributed by atoms with Crippen LogP contribution in [0.2, 0.25) is 0 Å². The van der Waals surface area contributed by atoms with Crippen LogP contribution in [0, 0.1) is 11.6 Å². The fourth-order valence-corrected chi connectivity index (χ4v) is 1.49. The minimum atomic E-state index is -5.17. The zero-order chi connectivity index (χ0) is 16.8. The van der Waals surface area contributed by atoms with E-state index >= 15 is 0 Å². The highest BCUT2D eigenvalue weighted by Gasteiger charge is 2.38. The molecule has 2 amide bonds. The number of carbonyl (C=O) groups excluding carboxylic acids is 1. The Hall–Kier alpha value is -1.94. The monoisotopic (exact) mass is 328 g/mol. The minimum absolute atomic E-state index is 0.0391. The van der Waals surface area contributed by atoms with Crippen molar-refractivity contribution in [3.63, 3.8) is 0 Å². The van der Waals surface area contributed by atoms with Gasteiger partial charge >= 0.3 is 12.2 Å². The number of halogens is 5. The molecule has 0 saturated heterocycles. The number of nitrogens with one attached hydrogen (secondary N) is 2. The molecule has 1 aromatic rings. The summed E-state index contributed by atoms with van der Waals surface area (Å²) in [6, 6.07) is -0.132. The predicted molar refractivity (Wildman–Crippen MR) is 66.3 cm³/mol. The lowest BCUT2D eigenvalue weighted by molar-refractivity contribution is -0.142. The molecule has 0 atom stereocenters. The molecule has 0 fully saturated rings. The van der Waals surface area contributed by atoms with Crippen LogP contribution in [0.3, 0.4) is 0 Å². The van der Waals surface area contributed by atoms with E-state index < -0.39 is 35.1 Å². The van der Waals surface area contributed by atoms with Crippen molar-refractivity contribution in [2.75, 3.05) is 31.7 Å². The molecule has 0 aliphatic carbocycles. The summed E-state index contributed by atoms with van der Waals surface area (Å²) < 4.78 is 68.5. The van der Waals surface area contributed by atoms with Gasteiger partial charge in [0.25, 0.3) is 0 Å². The Balaban J connectivity index is 2.62. The van der Waals surface area contributed by atoms with Crippen molar-refractivity contribution < 1.29 is 36.6 Å².